The van der Waals surface area contributed by atoms with Crippen LogP contribution in [0.3, 0.4) is 0 Å². The molecule has 1 aromatic carbocycles. The summed E-state index contributed by atoms with van der Waals surface area (Å²) in [7, 11) is -2.04. The number of hydrogen-bond donors (Lipinski definition) is 0. The number of halogens is 4. The van der Waals surface area contributed by atoms with E-state index in [9.17, 15) is 30.8 Å². The summed E-state index contributed by atoms with van der Waals surface area (Å²) in [5.74, 6) is 0.505. The topological polar surface area (TPSA) is 109 Å². The van der Waals surface area contributed by atoms with E-state index in [0.29, 0.717) is 41.8 Å². The molecule has 3 heterocycles. The molecule has 2 aliphatic rings. The van der Waals surface area contributed by atoms with Crippen molar-refractivity contribution in [2.45, 2.75) is 51.9 Å². The highest BCUT2D eigenvalue weighted by Gasteiger charge is 2.25. The van der Waals surface area contributed by atoms with Crippen LogP contribution in [0.5, 0.6) is 11.5 Å². The molecule has 0 unspecified atom stereocenters. The number of aromatic nitrogens is 2. The highest BCUT2D eigenvalue weighted by atomic mass is 32.2. The average Bonchev–Trinajstić information content (AvgIpc) is 3.13. The third-order valence-corrected chi connectivity index (χ3v) is 6.22. The molecule has 4 rings (SSSR count). The quantitative estimate of drug-likeness (QED) is 0.367. The van der Waals surface area contributed by atoms with Crippen molar-refractivity contribution in [3.8, 4) is 11.5 Å². The van der Waals surface area contributed by atoms with Crippen LogP contribution in [0.1, 0.15) is 54.6 Å². The molecule has 1 aromatic heterocycles. The fourth-order valence-electron chi connectivity index (χ4n) is 3.98. The molecular formula is C23H29F4N3O7S. The number of carbonyl (C=O) groups is 1. The van der Waals surface area contributed by atoms with E-state index in [1.54, 1.807) is 24.1 Å². The highest BCUT2D eigenvalue weighted by Crippen LogP contribution is 2.34. The second-order valence-electron chi connectivity index (χ2n) is 8.52. The minimum atomic E-state index is -3.58. The van der Waals surface area contributed by atoms with E-state index in [-0.39, 0.29) is 25.1 Å². The molecule has 0 atom stereocenters. The number of methoxy groups -OCH3 is 1. The van der Waals surface area contributed by atoms with Crippen LogP contribution in [-0.2, 0) is 44.1 Å². The van der Waals surface area contributed by atoms with E-state index < -0.39 is 40.9 Å². The monoisotopic (exact) mass is 567 g/mol. The lowest BCUT2D eigenvalue weighted by Gasteiger charge is -2.26. The minimum Gasteiger partial charge on any atom is -0.496 e. The van der Waals surface area contributed by atoms with Crippen molar-refractivity contribution < 1.29 is 49.2 Å². The lowest BCUT2D eigenvalue weighted by molar-refractivity contribution is -0.133. The number of alkyl halides is 4. The first-order valence-corrected chi connectivity index (χ1v) is 13.5. The molecule has 1 saturated heterocycles. The summed E-state index contributed by atoms with van der Waals surface area (Å²) in [6.07, 6.45) is -2.10. The van der Waals surface area contributed by atoms with Gasteiger partial charge in [-0.1, -0.05) is 0 Å². The smallest absolute Gasteiger partial charge is 0.306 e. The predicted octanol–water partition coefficient (Wildman–Crippen LogP) is 3.81. The Balaban J connectivity index is 0.000000212. The van der Waals surface area contributed by atoms with Gasteiger partial charge in [-0.2, -0.15) is 13.5 Å². The Morgan fingerprint density at radius 2 is 1.63 bits per heavy atom. The van der Waals surface area contributed by atoms with Crippen LogP contribution in [0.25, 0.3) is 0 Å². The van der Waals surface area contributed by atoms with Crippen LogP contribution < -0.4 is 8.92 Å². The number of piperidine rings is 1. The van der Waals surface area contributed by atoms with Gasteiger partial charge < -0.3 is 23.3 Å². The van der Waals surface area contributed by atoms with Gasteiger partial charge in [0, 0.05) is 24.2 Å². The van der Waals surface area contributed by atoms with Crippen molar-refractivity contribution in [2.75, 3.05) is 33.2 Å². The fourth-order valence-corrected chi connectivity index (χ4v) is 4.46. The van der Waals surface area contributed by atoms with Gasteiger partial charge in [0.2, 0.25) is 5.91 Å². The Morgan fingerprint density at radius 3 is 2.18 bits per heavy atom. The third-order valence-electron chi connectivity index (χ3n) is 5.74. The lowest BCUT2D eigenvalue weighted by Crippen LogP contribution is -2.38. The van der Waals surface area contributed by atoms with Crippen molar-refractivity contribution in [1.82, 2.24) is 14.7 Å². The summed E-state index contributed by atoms with van der Waals surface area (Å²) in [4.78, 5) is 13.5. The Labute approximate surface area is 217 Å². The van der Waals surface area contributed by atoms with Gasteiger partial charge in [0.15, 0.2) is 0 Å². The van der Waals surface area contributed by atoms with E-state index in [4.69, 9.17) is 18.4 Å². The Hall–Kier alpha value is -2.91. The fraction of sp³-hybridized carbons (Fsp3) is 0.565. The van der Waals surface area contributed by atoms with Crippen LogP contribution in [0.15, 0.2) is 18.2 Å². The summed E-state index contributed by atoms with van der Waals surface area (Å²) in [6, 6.07) is 3.85. The number of benzene rings is 1. The zero-order chi connectivity index (χ0) is 27.9. The first-order valence-electron chi connectivity index (χ1n) is 11.7. The van der Waals surface area contributed by atoms with E-state index >= 15 is 0 Å². The molecule has 2 aliphatic heterocycles. The van der Waals surface area contributed by atoms with Gasteiger partial charge in [-0.15, -0.1) is 0 Å². The maximum Gasteiger partial charge on any atom is 0.306 e. The SMILES string of the molecule is COc1ccc(OS(C)(=O)=O)c2c1COCOC2.O=C(Cn1nc(C(F)F)cc1C(F)F)N1CCCCC1. The molecular weight excluding hydrogens is 538 g/mol. The molecule has 10 nitrogen and oxygen atoms in total. The number of ether oxygens (including phenoxy) is 3. The zero-order valence-corrected chi connectivity index (χ0v) is 21.7. The zero-order valence-electron chi connectivity index (χ0n) is 20.9. The highest BCUT2D eigenvalue weighted by molar-refractivity contribution is 7.86. The van der Waals surface area contributed by atoms with Gasteiger partial charge in [-0.05, 0) is 37.5 Å². The van der Waals surface area contributed by atoms with Gasteiger partial charge in [0.05, 0.1) is 26.6 Å². The lowest BCUT2D eigenvalue weighted by atomic mass is 10.1. The van der Waals surface area contributed by atoms with Crippen LogP contribution >= 0.6 is 0 Å². The van der Waals surface area contributed by atoms with Crippen LogP contribution in [0.4, 0.5) is 17.6 Å². The van der Waals surface area contributed by atoms with Crippen molar-refractivity contribution in [2.24, 2.45) is 0 Å². The number of nitrogens with zero attached hydrogens (tertiary/aromatic N) is 3. The number of likely N-dealkylation sites (tertiary alicyclic amines) is 1. The van der Waals surface area contributed by atoms with E-state index in [1.807, 2.05) is 0 Å². The summed E-state index contributed by atoms with van der Waals surface area (Å²) < 4.78 is 94.2. The van der Waals surface area contributed by atoms with E-state index in [0.717, 1.165) is 31.1 Å². The second kappa shape index (κ2) is 13.2. The standard InChI is InChI=1S/C12H15F4N3O.C11H14O6S/c13-11(14)8-6-9(12(15)16)19(17-8)7-10(20)18-4-2-1-3-5-18;1-14-10-3-4-11(17-18(2,12)13)9-6-16-7-15-5-8(9)10/h6,11-12H,1-5,7H2;3-4H,5-7H2,1-2H3. The van der Waals surface area contributed by atoms with Crippen molar-refractivity contribution in [1.29, 1.82) is 0 Å². The molecule has 1 amide bonds. The van der Waals surface area contributed by atoms with Gasteiger partial charge in [-0.3, -0.25) is 9.48 Å². The molecule has 0 radical (unpaired) electrons. The summed E-state index contributed by atoms with van der Waals surface area (Å²) in [5.41, 5.74) is 0.00540. The van der Waals surface area contributed by atoms with Crippen LogP contribution in [0.2, 0.25) is 0 Å². The molecule has 212 valence electrons. The molecule has 2 aromatic rings. The molecule has 15 heteroatoms. The molecule has 0 aliphatic carbocycles. The molecule has 0 saturated carbocycles. The van der Waals surface area contributed by atoms with Gasteiger partial charge in [-0.25, -0.2) is 17.6 Å². The summed E-state index contributed by atoms with van der Waals surface area (Å²) in [5, 5.41) is 3.40. The minimum absolute atomic E-state index is 0.149. The van der Waals surface area contributed by atoms with Gasteiger partial charge in [0.25, 0.3) is 12.9 Å². The number of rotatable bonds is 7. The molecule has 0 N–H and O–H groups in total. The summed E-state index contributed by atoms with van der Waals surface area (Å²) >= 11 is 0. The normalized spacial score (nSPS) is 15.9. The maximum atomic E-state index is 12.8. The molecule has 38 heavy (non-hydrogen) atoms. The predicted molar refractivity (Wildman–Crippen MR) is 125 cm³/mol. The largest absolute Gasteiger partial charge is 0.496 e. The number of amides is 1. The van der Waals surface area contributed by atoms with Gasteiger partial charge >= 0.3 is 10.1 Å². The molecule has 0 bridgehead atoms. The van der Waals surface area contributed by atoms with Crippen molar-refractivity contribution in [3.05, 3.63) is 40.7 Å². The number of carbonyl (C=O) groups excluding carboxylic acids is 1. The first-order chi connectivity index (χ1) is 18.0. The number of hydrogen-bond acceptors (Lipinski definition) is 8. The van der Waals surface area contributed by atoms with Crippen molar-refractivity contribution in [3.63, 3.8) is 0 Å². The Kier molecular flexibility index (Phi) is 10.3. The number of fused-ring (bicyclic) bond motifs is 1. The second-order valence-corrected chi connectivity index (χ2v) is 10.1. The summed E-state index contributed by atoms with van der Waals surface area (Å²) in [6.45, 7) is 1.39. The Bertz CT molecular complexity index is 1200. The van der Waals surface area contributed by atoms with Gasteiger partial charge in [0.1, 0.15) is 36.2 Å². The molecule has 0 spiro atoms. The Morgan fingerprint density at radius 1 is 1.03 bits per heavy atom. The van der Waals surface area contributed by atoms with E-state index in [1.165, 1.54) is 0 Å². The van der Waals surface area contributed by atoms with Crippen LogP contribution in [-0.4, -0.2) is 62.3 Å². The third kappa shape index (κ3) is 8.04. The van der Waals surface area contributed by atoms with Crippen LogP contribution in [0, 0.1) is 0 Å². The maximum absolute atomic E-state index is 12.8. The first kappa shape index (κ1) is 29.6. The van der Waals surface area contributed by atoms with Crippen molar-refractivity contribution >= 4 is 16.0 Å². The molecule has 1 fully saturated rings. The average molecular weight is 568 g/mol. The van der Waals surface area contributed by atoms with E-state index in [2.05, 4.69) is 5.10 Å².